The molecule has 1 saturated heterocycles. The Labute approximate surface area is 125 Å². The van der Waals surface area contributed by atoms with Gasteiger partial charge in [-0.1, -0.05) is 6.07 Å². The number of rotatable bonds is 3. The van der Waals surface area contributed by atoms with Crippen LogP contribution in [0, 0.1) is 13.8 Å². The van der Waals surface area contributed by atoms with E-state index in [2.05, 4.69) is 0 Å². The minimum atomic E-state index is -3.50. The van der Waals surface area contributed by atoms with Gasteiger partial charge < -0.3 is 4.74 Å². The van der Waals surface area contributed by atoms with Gasteiger partial charge in [0, 0.05) is 18.5 Å². The molecular formula is C14H20ClNO3S. The van der Waals surface area contributed by atoms with E-state index in [1.807, 2.05) is 26.8 Å². The van der Waals surface area contributed by atoms with E-state index in [1.165, 1.54) is 4.31 Å². The first-order valence-electron chi connectivity index (χ1n) is 6.63. The first kappa shape index (κ1) is 15.8. The maximum atomic E-state index is 12.7. The summed E-state index contributed by atoms with van der Waals surface area (Å²) in [4.78, 5) is 0.336. The Bertz CT molecular complexity index is 588. The SMILES string of the molecule is Cc1ccc(S(=O)(=O)N2CC(CCl)OCC2C)cc1C. The zero-order valence-electron chi connectivity index (χ0n) is 12.0. The molecule has 20 heavy (non-hydrogen) atoms. The molecule has 2 unspecified atom stereocenters. The molecule has 1 aliphatic heterocycles. The normalized spacial score (nSPS) is 24.8. The molecule has 2 atom stereocenters. The van der Waals surface area contributed by atoms with Crippen molar-refractivity contribution in [3.05, 3.63) is 29.3 Å². The quantitative estimate of drug-likeness (QED) is 0.804. The molecule has 0 radical (unpaired) electrons. The fraction of sp³-hybridized carbons (Fsp3) is 0.571. The fourth-order valence-corrected chi connectivity index (χ4v) is 4.15. The van der Waals surface area contributed by atoms with Crippen molar-refractivity contribution in [3.63, 3.8) is 0 Å². The van der Waals surface area contributed by atoms with E-state index in [4.69, 9.17) is 16.3 Å². The summed E-state index contributed by atoms with van der Waals surface area (Å²) in [6, 6.07) is 5.05. The lowest BCUT2D eigenvalue weighted by Crippen LogP contribution is -2.51. The highest BCUT2D eigenvalue weighted by Crippen LogP contribution is 2.24. The minimum Gasteiger partial charge on any atom is -0.374 e. The van der Waals surface area contributed by atoms with Crippen LogP contribution in [0.4, 0.5) is 0 Å². The molecule has 1 aliphatic rings. The Morgan fingerprint density at radius 2 is 2.05 bits per heavy atom. The second kappa shape index (κ2) is 6.02. The predicted molar refractivity (Wildman–Crippen MR) is 79.7 cm³/mol. The molecule has 0 amide bonds. The first-order valence-corrected chi connectivity index (χ1v) is 8.60. The Kier molecular flexibility index (Phi) is 4.74. The van der Waals surface area contributed by atoms with Gasteiger partial charge in [0.25, 0.3) is 0 Å². The van der Waals surface area contributed by atoms with Crippen LogP contribution < -0.4 is 0 Å². The molecule has 0 saturated carbocycles. The third-order valence-corrected chi connectivity index (χ3v) is 6.03. The van der Waals surface area contributed by atoms with Crippen LogP contribution in [-0.2, 0) is 14.8 Å². The van der Waals surface area contributed by atoms with Gasteiger partial charge in [-0.2, -0.15) is 4.31 Å². The zero-order valence-corrected chi connectivity index (χ0v) is 13.5. The average molecular weight is 318 g/mol. The summed E-state index contributed by atoms with van der Waals surface area (Å²) in [5.41, 5.74) is 2.05. The second-order valence-corrected chi connectivity index (χ2v) is 7.48. The molecule has 1 fully saturated rings. The number of alkyl halides is 1. The van der Waals surface area contributed by atoms with E-state index in [0.717, 1.165) is 11.1 Å². The van der Waals surface area contributed by atoms with Crippen LogP contribution >= 0.6 is 11.6 Å². The molecule has 6 heteroatoms. The van der Waals surface area contributed by atoms with Crippen LogP contribution in [-0.4, -0.2) is 43.9 Å². The van der Waals surface area contributed by atoms with Gasteiger partial charge in [0.2, 0.25) is 10.0 Å². The van der Waals surface area contributed by atoms with Crippen LogP contribution in [0.5, 0.6) is 0 Å². The van der Waals surface area contributed by atoms with Crippen LogP contribution in [0.1, 0.15) is 18.1 Å². The topological polar surface area (TPSA) is 46.6 Å². The second-order valence-electron chi connectivity index (χ2n) is 5.28. The van der Waals surface area contributed by atoms with Crippen molar-refractivity contribution in [1.29, 1.82) is 0 Å². The zero-order chi connectivity index (χ0) is 14.9. The highest BCUT2D eigenvalue weighted by molar-refractivity contribution is 7.89. The number of hydrogen-bond acceptors (Lipinski definition) is 3. The van der Waals surface area contributed by atoms with Gasteiger partial charge >= 0.3 is 0 Å². The summed E-state index contributed by atoms with van der Waals surface area (Å²) in [6.07, 6.45) is -0.241. The number of nitrogens with zero attached hydrogens (tertiary/aromatic N) is 1. The largest absolute Gasteiger partial charge is 0.374 e. The Balaban J connectivity index is 2.35. The van der Waals surface area contributed by atoms with Gasteiger partial charge in [0.1, 0.15) is 0 Å². The number of morpholine rings is 1. The molecule has 0 aromatic heterocycles. The van der Waals surface area contributed by atoms with Crippen molar-refractivity contribution in [3.8, 4) is 0 Å². The van der Waals surface area contributed by atoms with Crippen molar-refractivity contribution < 1.29 is 13.2 Å². The van der Waals surface area contributed by atoms with Gasteiger partial charge in [0.15, 0.2) is 0 Å². The van der Waals surface area contributed by atoms with Crippen LogP contribution in [0.2, 0.25) is 0 Å². The number of ether oxygens (including phenoxy) is 1. The lowest BCUT2D eigenvalue weighted by Gasteiger charge is -2.36. The van der Waals surface area contributed by atoms with E-state index in [0.29, 0.717) is 23.9 Å². The summed E-state index contributed by atoms with van der Waals surface area (Å²) in [7, 11) is -3.50. The third-order valence-electron chi connectivity index (χ3n) is 3.71. The average Bonchev–Trinajstić information content (AvgIpc) is 2.42. The third kappa shape index (κ3) is 3.01. The molecule has 1 aromatic rings. The molecule has 112 valence electrons. The Morgan fingerprint density at radius 3 is 2.65 bits per heavy atom. The first-order chi connectivity index (χ1) is 9.36. The Hall–Kier alpha value is -0.620. The van der Waals surface area contributed by atoms with Crippen LogP contribution in [0.15, 0.2) is 23.1 Å². The fourth-order valence-electron chi connectivity index (χ4n) is 2.23. The van der Waals surface area contributed by atoms with Gasteiger partial charge in [-0.25, -0.2) is 8.42 Å². The lowest BCUT2D eigenvalue weighted by molar-refractivity contribution is -0.0152. The van der Waals surface area contributed by atoms with E-state index in [9.17, 15) is 8.42 Å². The summed E-state index contributed by atoms with van der Waals surface area (Å²) in [5, 5.41) is 0. The van der Waals surface area contributed by atoms with Gasteiger partial charge in [0.05, 0.1) is 17.6 Å². The molecular weight excluding hydrogens is 298 g/mol. The van der Waals surface area contributed by atoms with Crippen molar-refractivity contribution in [2.24, 2.45) is 0 Å². The molecule has 1 heterocycles. The van der Waals surface area contributed by atoms with Gasteiger partial charge in [-0.05, 0) is 44.0 Å². The van der Waals surface area contributed by atoms with E-state index >= 15 is 0 Å². The number of halogens is 1. The molecule has 0 N–H and O–H groups in total. The molecule has 2 rings (SSSR count). The lowest BCUT2D eigenvalue weighted by atomic mass is 10.1. The van der Waals surface area contributed by atoms with Crippen molar-refractivity contribution >= 4 is 21.6 Å². The van der Waals surface area contributed by atoms with Crippen molar-refractivity contribution in [1.82, 2.24) is 4.31 Å². The summed E-state index contributed by atoms with van der Waals surface area (Å²) in [5.74, 6) is 0.297. The summed E-state index contributed by atoms with van der Waals surface area (Å²) in [6.45, 7) is 6.41. The monoisotopic (exact) mass is 317 g/mol. The summed E-state index contributed by atoms with van der Waals surface area (Å²) >= 11 is 5.79. The Morgan fingerprint density at radius 1 is 1.35 bits per heavy atom. The van der Waals surface area contributed by atoms with Crippen molar-refractivity contribution in [2.45, 2.75) is 37.8 Å². The number of hydrogen-bond donors (Lipinski definition) is 0. The molecule has 1 aromatic carbocycles. The molecule has 4 nitrogen and oxygen atoms in total. The number of aryl methyl sites for hydroxylation is 2. The molecule has 0 aliphatic carbocycles. The van der Waals surface area contributed by atoms with Crippen LogP contribution in [0.25, 0.3) is 0 Å². The minimum absolute atomic E-state index is 0.180. The highest BCUT2D eigenvalue weighted by Gasteiger charge is 2.35. The number of sulfonamides is 1. The smallest absolute Gasteiger partial charge is 0.243 e. The van der Waals surface area contributed by atoms with Crippen LogP contribution in [0.3, 0.4) is 0 Å². The molecule has 0 spiro atoms. The maximum absolute atomic E-state index is 12.7. The number of benzene rings is 1. The molecule has 0 bridgehead atoms. The van der Waals surface area contributed by atoms with E-state index in [-0.39, 0.29) is 12.1 Å². The van der Waals surface area contributed by atoms with E-state index < -0.39 is 10.0 Å². The predicted octanol–water partition coefficient (Wildman–Crippen LogP) is 2.32. The summed E-state index contributed by atoms with van der Waals surface area (Å²) < 4.78 is 32.5. The van der Waals surface area contributed by atoms with Gasteiger partial charge in [-0.15, -0.1) is 11.6 Å². The standard InChI is InChI=1S/C14H20ClNO3S/c1-10-4-5-14(6-11(10)2)20(17,18)16-8-13(7-15)19-9-12(16)3/h4-6,12-13H,7-9H2,1-3H3. The van der Waals surface area contributed by atoms with E-state index in [1.54, 1.807) is 12.1 Å². The highest BCUT2D eigenvalue weighted by atomic mass is 35.5. The van der Waals surface area contributed by atoms with Crippen molar-refractivity contribution in [2.75, 3.05) is 19.0 Å². The maximum Gasteiger partial charge on any atom is 0.243 e. The van der Waals surface area contributed by atoms with Gasteiger partial charge in [-0.3, -0.25) is 0 Å².